The maximum atomic E-state index is 13.5. The second-order valence-corrected chi connectivity index (χ2v) is 4.42. The van der Waals surface area contributed by atoms with Gasteiger partial charge in [-0.1, -0.05) is 12.1 Å². The Hall–Kier alpha value is -1.42. The molecule has 1 aromatic carbocycles. The minimum atomic E-state index is -0.442. The highest BCUT2D eigenvalue weighted by atomic mass is 19.1. The van der Waals surface area contributed by atoms with E-state index < -0.39 is 5.82 Å². The van der Waals surface area contributed by atoms with Crippen molar-refractivity contribution >= 4 is 5.91 Å². The molecule has 1 atom stereocenters. The molecule has 0 radical (unpaired) electrons. The molecule has 0 saturated carbocycles. The van der Waals surface area contributed by atoms with Gasteiger partial charge in [0, 0.05) is 25.7 Å². The first-order chi connectivity index (χ1) is 8.18. The van der Waals surface area contributed by atoms with Gasteiger partial charge in [-0.05, 0) is 25.5 Å². The number of carbonyl (C=O) groups excluding carboxylic acids is 1. The number of nitrogens with zero attached hydrogens (tertiary/aromatic N) is 1. The highest BCUT2D eigenvalue weighted by Crippen LogP contribution is 2.11. The first kappa shape index (κ1) is 12.0. The number of hydrogen-bond donors (Lipinski definition) is 1. The van der Waals surface area contributed by atoms with E-state index in [2.05, 4.69) is 12.2 Å². The summed E-state index contributed by atoms with van der Waals surface area (Å²) in [5.41, 5.74) is 0.169. The van der Waals surface area contributed by atoms with Gasteiger partial charge < -0.3 is 10.2 Å². The van der Waals surface area contributed by atoms with Gasteiger partial charge in [-0.15, -0.1) is 0 Å². The molecule has 1 saturated heterocycles. The lowest BCUT2D eigenvalue weighted by Crippen LogP contribution is -2.34. The lowest BCUT2D eigenvalue weighted by Gasteiger charge is -2.20. The van der Waals surface area contributed by atoms with Crippen molar-refractivity contribution in [3.05, 3.63) is 35.6 Å². The van der Waals surface area contributed by atoms with Gasteiger partial charge in [-0.2, -0.15) is 0 Å². The summed E-state index contributed by atoms with van der Waals surface area (Å²) in [6, 6.07) is 6.56. The van der Waals surface area contributed by atoms with Crippen LogP contribution in [-0.2, 0) is 0 Å². The molecule has 0 bridgehead atoms. The summed E-state index contributed by atoms with van der Waals surface area (Å²) in [5.74, 6) is -0.651. The number of amides is 1. The zero-order valence-electron chi connectivity index (χ0n) is 9.95. The Kier molecular flexibility index (Phi) is 3.74. The summed E-state index contributed by atoms with van der Waals surface area (Å²) in [6.45, 7) is 4.18. The standard InChI is InChI=1S/C13H17FN2O/c1-10-6-8-16(9-7-15-10)13(17)11-4-2-3-5-12(11)14/h2-5,10,15H,6-9H2,1H3. The van der Waals surface area contributed by atoms with E-state index in [0.29, 0.717) is 19.1 Å². The Morgan fingerprint density at radius 2 is 2.18 bits per heavy atom. The van der Waals surface area contributed by atoms with Crippen LogP contribution < -0.4 is 5.32 Å². The van der Waals surface area contributed by atoms with Crippen LogP contribution in [0.3, 0.4) is 0 Å². The Labute approximate surface area is 101 Å². The quantitative estimate of drug-likeness (QED) is 0.804. The van der Waals surface area contributed by atoms with Crippen LogP contribution in [0.15, 0.2) is 24.3 Å². The second kappa shape index (κ2) is 5.27. The first-order valence-electron chi connectivity index (χ1n) is 5.95. The predicted molar refractivity (Wildman–Crippen MR) is 64.4 cm³/mol. The number of benzene rings is 1. The van der Waals surface area contributed by atoms with E-state index in [0.717, 1.165) is 13.0 Å². The van der Waals surface area contributed by atoms with Gasteiger partial charge in [-0.25, -0.2) is 4.39 Å². The molecule has 1 aromatic rings. The largest absolute Gasteiger partial charge is 0.337 e. The van der Waals surface area contributed by atoms with Crippen molar-refractivity contribution in [2.75, 3.05) is 19.6 Å². The van der Waals surface area contributed by atoms with Crippen molar-refractivity contribution in [1.29, 1.82) is 0 Å². The number of carbonyl (C=O) groups is 1. The molecule has 1 amide bonds. The zero-order chi connectivity index (χ0) is 12.3. The summed E-state index contributed by atoms with van der Waals surface area (Å²) < 4.78 is 13.5. The highest BCUT2D eigenvalue weighted by molar-refractivity contribution is 5.94. The van der Waals surface area contributed by atoms with Crippen LogP contribution in [0, 0.1) is 5.82 Å². The van der Waals surface area contributed by atoms with Gasteiger partial charge in [0.05, 0.1) is 5.56 Å². The molecule has 17 heavy (non-hydrogen) atoms. The molecule has 92 valence electrons. The molecule has 1 aliphatic rings. The van der Waals surface area contributed by atoms with E-state index in [4.69, 9.17) is 0 Å². The normalized spacial score (nSPS) is 21.1. The van der Waals surface area contributed by atoms with Gasteiger partial charge in [0.15, 0.2) is 0 Å². The highest BCUT2D eigenvalue weighted by Gasteiger charge is 2.21. The maximum Gasteiger partial charge on any atom is 0.256 e. The summed E-state index contributed by atoms with van der Waals surface area (Å²) in [6.07, 6.45) is 0.903. The average molecular weight is 236 g/mol. The molecule has 0 spiro atoms. The van der Waals surface area contributed by atoms with Crippen LogP contribution in [0.4, 0.5) is 4.39 Å². The van der Waals surface area contributed by atoms with Crippen molar-refractivity contribution in [2.24, 2.45) is 0 Å². The molecule has 1 N–H and O–H groups in total. The van der Waals surface area contributed by atoms with Gasteiger partial charge in [0.25, 0.3) is 5.91 Å². The Morgan fingerprint density at radius 3 is 2.94 bits per heavy atom. The van der Waals surface area contributed by atoms with Gasteiger partial charge in [0.1, 0.15) is 5.82 Å². The van der Waals surface area contributed by atoms with Crippen molar-refractivity contribution in [3.63, 3.8) is 0 Å². The van der Waals surface area contributed by atoms with Gasteiger partial charge >= 0.3 is 0 Å². The number of rotatable bonds is 1. The van der Waals surface area contributed by atoms with Crippen LogP contribution in [0.1, 0.15) is 23.7 Å². The third kappa shape index (κ3) is 2.82. The minimum absolute atomic E-state index is 0.169. The molecule has 1 fully saturated rings. The molecular formula is C13H17FN2O. The van der Waals surface area contributed by atoms with Crippen molar-refractivity contribution in [1.82, 2.24) is 10.2 Å². The Morgan fingerprint density at radius 1 is 1.41 bits per heavy atom. The van der Waals surface area contributed by atoms with E-state index >= 15 is 0 Å². The fourth-order valence-corrected chi connectivity index (χ4v) is 2.02. The Bertz CT molecular complexity index is 408. The van der Waals surface area contributed by atoms with E-state index in [1.54, 1.807) is 23.1 Å². The van der Waals surface area contributed by atoms with E-state index in [1.807, 2.05) is 0 Å². The zero-order valence-corrected chi connectivity index (χ0v) is 9.95. The molecule has 1 unspecified atom stereocenters. The summed E-state index contributed by atoms with van der Waals surface area (Å²) in [5, 5.41) is 3.31. The monoisotopic (exact) mass is 236 g/mol. The minimum Gasteiger partial charge on any atom is -0.337 e. The van der Waals surface area contributed by atoms with Crippen LogP contribution in [0.25, 0.3) is 0 Å². The number of nitrogens with one attached hydrogen (secondary N) is 1. The van der Waals surface area contributed by atoms with Crippen molar-refractivity contribution in [2.45, 2.75) is 19.4 Å². The van der Waals surface area contributed by atoms with E-state index in [1.165, 1.54) is 6.07 Å². The third-order valence-corrected chi connectivity index (χ3v) is 3.10. The van der Waals surface area contributed by atoms with Crippen molar-refractivity contribution in [3.8, 4) is 0 Å². The van der Waals surface area contributed by atoms with E-state index in [9.17, 15) is 9.18 Å². The summed E-state index contributed by atoms with van der Waals surface area (Å²) >= 11 is 0. The molecular weight excluding hydrogens is 219 g/mol. The van der Waals surface area contributed by atoms with Crippen LogP contribution >= 0.6 is 0 Å². The van der Waals surface area contributed by atoms with Crippen LogP contribution in [0.5, 0.6) is 0 Å². The molecule has 2 rings (SSSR count). The van der Waals surface area contributed by atoms with Gasteiger partial charge in [-0.3, -0.25) is 4.79 Å². The summed E-state index contributed by atoms with van der Waals surface area (Å²) in [4.78, 5) is 13.9. The predicted octanol–water partition coefficient (Wildman–Crippen LogP) is 1.65. The molecule has 1 aliphatic heterocycles. The second-order valence-electron chi connectivity index (χ2n) is 4.42. The smallest absolute Gasteiger partial charge is 0.256 e. The Balaban J connectivity index is 2.12. The SMILES string of the molecule is CC1CCN(C(=O)c2ccccc2F)CCN1. The van der Waals surface area contributed by atoms with Gasteiger partial charge in [0.2, 0.25) is 0 Å². The van der Waals surface area contributed by atoms with E-state index in [-0.39, 0.29) is 11.5 Å². The lowest BCUT2D eigenvalue weighted by atomic mass is 10.1. The summed E-state index contributed by atoms with van der Waals surface area (Å²) in [7, 11) is 0. The molecule has 0 aliphatic carbocycles. The first-order valence-corrected chi connectivity index (χ1v) is 5.95. The molecule has 0 aromatic heterocycles. The van der Waals surface area contributed by atoms with Crippen LogP contribution in [-0.4, -0.2) is 36.5 Å². The lowest BCUT2D eigenvalue weighted by molar-refractivity contribution is 0.0761. The molecule has 1 heterocycles. The molecule has 3 nitrogen and oxygen atoms in total. The topological polar surface area (TPSA) is 32.3 Å². The average Bonchev–Trinajstić information content (AvgIpc) is 2.54. The number of hydrogen-bond acceptors (Lipinski definition) is 2. The molecule has 4 heteroatoms. The fourth-order valence-electron chi connectivity index (χ4n) is 2.02. The third-order valence-electron chi connectivity index (χ3n) is 3.10. The van der Waals surface area contributed by atoms with Crippen molar-refractivity contribution < 1.29 is 9.18 Å². The fraction of sp³-hybridized carbons (Fsp3) is 0.462. The van der Waals surface area contributed by atoms with Crippen LogP contribution in [0.2, 0.25) is 0 Å². The number of halogens is 1. The maximum absolute atomic E-state index is 13.5.